The first-order valence-corrected chi connectivity index (χ1v) is 8.11. The third-order valence-electron chi connectivity index (χ3n) is 2.37. The molecular weight excluding hydrogens is 288 g/mol. The van der Waals surface area contributed by atoms with Crippen molar-refractivity contribution in [3.8, 4) is 0 Å². The Kier molecular flexibility index (Phi) is 5.64. The third kappa shape index (κ3) is 5.09. The van der Waals surface area contributed by atoms with Crippen molar-refractivity contribution in [3.63, 3.8) is 0 Å². The van der Waals surface area contributed by atoms with Crippen molar-refractivity contribution in [3.05, 3.63) is 24.3 Å². The first kappa shape index (κ1) is 15.8. The van der Waals surface area contributed by atoms with Crippen LogP contribution in [-0.4, -0.2) is 43.6 Å². The Morgan fingerprint density at radius 3 is 2.74 bits per heavy atom. The van der Waals surface area contributed by atoms with E-state index in [1.54, 1.807) is 18.2 Å². The third-order valence-corrected chi connectivity index (χ3v) is 4.59. The van der Waals surface area contributed by atoms with Crippen molar-refractivity contribution >= 4 is 33.6 Å². The highest BCUT2D eigenvalue weighted by molar-refractivity contribution is 7.98. The van der Waals surface area contributed by atoms with Crippen LogP contribution in [0.2, 0.25) is 0 Å². The smallest absolute Gasteiger partial charge is 0.304 e. The van der Waals surface area contributed by atoms with Crippen LogP contribution in [0.3, 0.4) is 0 Å². The van der Waals surface area contributed by atoms with E-state index in [0.29, 0.717) is 5.69 Å². The van der Waals surface area contributed by atoms with Gasteiger partial charge in [-0.2, -0.15) is 12.7 Å². The molecule has 0 unspecified atom stereocenters. The number of benzene rings is 1. The van der Waals surface area contributed by atoms with E-state index < -0.39 is 16.2 Å². The molecule has 1 aromatic carbocycles. The van der Waals surface area contributed by atoms with Crippen LogP contribution in [0.15, 0.2) is 29.2 Å². The molecule has 2 N–H and O–H groups in total. The molecule has 0 fully saturated rings. The van der Waals surface area contributed by atoms with Crippen molar-refractivity contribution in [2.45, 2.75) is 11.3 Å². The van der Waals surface area contributed by atoms with Crippen molar-refractivity contribution in [2.24, 2.45) is 0 Å². The summed E-state index contributed by atoms with van der Waals surface area (Å²) in [5.41, 5.74) is 0.453. The SMILES string of the molecule is CSc1cccc(NS(=O)(=O)N(C)CCC(=O)O)c1. The zero-order valence-corrected chi connectivity index (χ0v) is 12.3. The van der Waals surface area contributed by atoms with Gasteiger partial charge in [0.1, 0.15) is 0 Å². The van der Waals surface area contributed by atoms with Gasteiger partial charge in [0.25, 0.3) is 0 Å². The molecule has 1 rings (SSSR count). The maximum absolute atomic E-state index is 11.9. The van der Waals surface area contributed by atoms with E-state index in [2.05, 4.69) is 4.72 Å². The number of carboxylic acid groups (broad SMARTS) is 1. The predicted octanol–water partition coefficient (Wildman–Crippen LogP) is 1.47. The molecule has 0 bridgehead atoms. The van der Waals surface area contributed by atoms with E-state index in [-0.39, 0.29) is 13.0 Å². The summed E-state index contributed by atoms with van der Waals surface area (Å²) in [5.74, 6) is -1.04. The number of hydrogen-bond acceptors (Lipinski definition) is 4. The molecule has 0 aliphatic carbocycles. The highest BCUT2D eigenvalue weighted by atomic mass is 32.2. The normalized spacial score (nSPS) is 11.5. The molecule has 0 spiro atoms. The Morgan fingerprint density at radius 1 is 1.47 bits per heavy atom. The second kappa shape index (κ2) is 6.78. The van der Waals surface area contributed by atoms with Gasteiger partial charge in [0, 0.05) is 18.5 Å². The summed E-state index contributed by atoms with van der Waals surface area (Å²) in [7, 11) is -2.39. The second-order valence-electron chi connectivity index (χ2n) is 3.80. The lowest BCUT2D eigenvalue weighted by atomic mass is 10.3. The van der Waals surface area contributed by atoms with Crippen LogP contribution < -0.4 is 4.72 Å². The van der Waals surface area contributed by atoms with Gasteiger partial charge in [0.2, 0.25) is 0 Å². The van der Waals surface area contributed by atoms with Crippen molar-refractivity contribution in [1.82, 2.24) is 4.31 Å². The molecule has 0 atom stereocenters. The maximum Gasteiger partial charge on any atom is 0.304 e. The van der Waals surface area contributed by atoms with E-state index in [9.17, 15) is 13.2 Å². The fourth-order valence-corrected chi connectivity index (χ4v) is 2.66. The topological polar surface area (TPSA) is 86.7 Å². The summed E-state index contributed by atoms with van der Waals surface area (Å²) in [4.78, 5) is 11.4. The number of rotatable bonds is 7. The average molecular weight is 304 g/mol. The summed E-state index contributed by atoms with van der Waals surface area (Å²) in [6, 6.07) is 6.98. The lowest BCUT2D eigenvalue weighted by Crippen LogP contribution is -2.34. The fraction of sp³-hybridized carbons (Fsp3) is 0.364. The van der Waals surface area contributed by atoms with Gasteiger partial charge < -0.3 is 5.11 Å². The van der Waals surface area contributed by atoms with Crippen molar-refractivity contribution in [1.29, 1.82) is 0 Å². The van der Waals surface area contributed by atoms with Crippen LogP contribution in [0, 0.1) is 0 Å². The first-order valence-electron chi connectivity index (χ1n) is 5.45. The standard InChI is InChI=1S/C11H16N2O4S2/c1-13(7-6-11(14)15)19(16,17)12-9-4-3-5-10(8-9)18-2/h3-5,8,12H,6-7H2,1-2H3,(H,14,15). The van der Waals surface area contributed by atoms with Crippen LogP contribution in [-0.2, 0) is 15.0 Å². The Labute approximate surface area is 117 Å². The van der Waals surface area contributed by atoms with Crippen molar-refractivity contribution in [2.75, 3.05) is 24.6 Å². The Balaban J connectivity index is 2.75. The number of nitrogens with one attached hydrogen (secondary N) is 1. The van der Waals surface area contributed by atoms with Gasteiger partial charge >= 0.3 is 16.2 Å². The van der Waals surface area contributed by atoms with Gasteiger partial charge in [-0.25, -0.2) is 0 Å². The predicted molar refractivity (Wildman–Crippen MR) is 75.6 cm³/mol. The molecular formula is C11H16N2O4S2. The average Bonchev–Trinajstić information content (AvgIpc) is 2.35. The minimum absolute atomic E-state index is 0.0765. The summed E-state index contributed by atoms with van der Waals surface area (Å²) in [6.07, 6.45) is 1.66. The Morgan fingerprint density at radius 2 is 2.16 bits per heavy atom. The van der Waals surface area contributed by atoms with Crippen LogP contribution in [0.4, 0.5) is 5.69 Å². The molecule has 0 amide bonds. The van der Waals surface area contributed by atoms with Crippen LogP contribution in [0.5, 0.6) is 0 Å². The summed E-state index contributed by atoms with van der Waals surface area (Å²) < 4.78 is 27.2. The quantitative estimate of drug-likeness (QED) is 0.745. The summed E-state index contributed by atoms with van der Waals surface area (Å²) >= 11 is 1.51. The van der Waals surface area contributed by atoms with Crippen molar-refractivity contribution < 1.29 is 18.3 Å². The molecule has 0 saturated carbocycles. The molecule has 6 nitrogen and oxygen atoms in total. The minimum atomic E-state index is -3.72. The maximum atomic E-state index is 11.9. The molecule has 0 aromatic heterocycles. The molecule has 1 aromatic rings. The highest BCUT2D eigenvalue weighted by Gasteiger charge is 2.18. The zero-order chi connectivity index (χ0) is 14.5. The molecule has 0 radical (unpaired) electrons. The van der Waals surface area contributed by atoms with Gasteiger partial charge in [0.15, 0.2) is 0 Å². The fourth-order valence-electron chi connectivity index (χ4n) is 1.29. The highest BCUT2D eigenvalue weighted by Crippen LogP contribution is 2.20. The van der Waals surface area contributed by atoms with Crippen LogP contribution in [0.1, 0.15) is 6.42 Å². The van der Waals surface area contributed by atoms with Crippen LogP contribution in [0.25, 0.3) is 0 Å². The molecule has 106 valence electrons. The molecule has 0 saturated heterocycles. The Bertz CT molecular complexity index is 545. The lowest BCUT2D eigenvalue weighted by molar-refractivity contribution is -0.137. The van der Waals surface area contributed by atoms with Gasteiger partial charge in [0.05, 0.1) is 12.1 Å². The molecule has 19 heavy (non-hydrogen) atoms. The van der Waals surface area contributed by atoms with Gasteiger partial charge in [-0.1, -0.05) is 6.07 Å². The molecule has 8 heteroatoms. The van der Waals surface area contributed by atoms with Gasteiger partial charge in [-0.3, -0.25) is 9.52 Å². The number of carboxylic acids is 1. The molecule has 0 heterocycles. The second-order valence-corrected chi connectivity index (χ2v) is 6.46. The number of carbonyl (C=O) groups is 1. The largest absolute Gasteiger partial charge is 0.481 e. The zero-order valence-electron chi connectivity index (χ0n) is 10.7. The van der Waals surface area contributed by atoms with E-state index in [4.69, 9.17) is 5.11 Å². The number of hydrogen-bond donors (Lipinski definition) is 2. The number of nitrogens with zero attached hydrogens (tertiary/aromatic N) is 1. The molecule has 0 aliphatic rings. The van der Waals surface area contributed by atoms with E-state index in [1.807, 2.05) is 12.3 Å². The molecule has 0 aliphatic heterocycles. The Hall–Kier alpha value is -1.25. The lowest BCUT2D eigenvalue weighted by Gasteiger charge is -2.17. The van der Waals surface area contributed by atoms with E-state index >= 15 is 0 Å². The summed E-state index contributed by atoms with van der Waals surface area (Å²) in [6.45, 7) is -0.0765. The number of thioether (sulfide) groups is 1. The number of aliphatic carboxylic acids is 1. The number of anilines is 1. The first-order chi connectivity index (χ1) is 8.85. The minimum Gasteiger partial charge on any atom is -0.481 e. The summed E-state index contributed by atoms with van der Waals surface area (Å²) in [5, 5.41) is 8.54. The van der Waals surface area contributed by atoms with E-state index in [0.717, 1.165) is 9.20 Å². The monoisotopic (exact) mass is 304 g/mol. The van der Waals surface area contributed by atoms with Crippen LogP contribution >= 0.6 is 11.8 Å². The van der Waals surface area contributed by atoms with Gasteiger partial charge in [-0.05, 0) is 24.5 Å². The van der Waals surface area contributed by atoms with Gasteiger partial charge in [-0.15, -0.1) is 11.8 Å². The van der Waals surface area contributed by atoms with E-state index in [1.165, 1.54) is 18.8 Å².